The van der Waals surface area contributed by atoms with Crippen LogP contribution in [0.5, 0.6) is 0 Å². The minimum absolute atomic E-state index is 0.186. The smallest absolute Gasteiger partial charge is 0.266 e. The summed E-state index contributed by atoms with van der Waals surface area (Å²) in [5.74, 6) is 0.518. The number of carbonyl (C=O) groups is 1. The number of carbonyl (C=O) groups excluding carboxylic acids is 1. The molecule has 0 radical (unpaired) electrons. The Labute approximate surface area is 131 Å². The molecule has 3 heterocycles. The van der Waals surface area contributed by atoms with Gasteiger partial charge in [0.05, 0.1) is 5.57 Å². The lowest BCUT2D eigenvalue weighted by atomic mass is 9.94. The summed E-state index contributed by atoms with van der Waals surface area (Å²) in [4.78, 5) is 16.8. The van der Waals surface area contributed by atoms with Crippen molar-refractivity contribution < 1.29 is 4.79 Å². The predicted octanol–water partition coefficient (Wildman–Crippen LogP) is 1.12. The third-order valence-electron chi connectivity index (χ3n) is 3.76. The van der Waals surface area contributed by atoms with Gasteiger partial charge >= 0.3 is 0 Å². The maximum absolute atomic E-state index is 12.5. The van der Waals surface area contributed by atoms with Crippen LogP contribution in [-0.2, 0) is 11.2 Å². The van der Waals surface area contributed by atoms with Crippen LogP contribution >= 0.6 is 0 Å². The normalized spacial score (nSPS) is 20.1. The summed E-state index contributed by atoms with van der Waals surface area (Å²) in [5.41, 5.74) is 1.72. The van der Waals surface area contributed by atoms with Crippen molar-refractivity contribution in [1.29, 1.82) is 0 Å². The average Bonchev–Trinajstić information content (AvgIpc) is 3.14. The maximum atomic E-state index is 12.5. The van der Waals surface area contributed by atoms with Gasteiger partial charge in [0.25, 0.3) is 11.9 Å². The fraction of sp³-hybridized carbons (Fsp3) is 0.200. The van der Waals surface area contributed by atoms with E-state index >= 15 is 0 Å². The standard InChI is InChI=1S/C15H13N7O/c23-14-12-9-11(8-10-4-2-1-3-5-10)6-7-16-13(12)19-22(14)15-17-20-21-18-15/h1-5,7,9,11H,6,8H2,(H,17,18,20,21). The Morgan fingerprint density at radius 2 is 2.13 bits per heavy atom. The van der Waals surface area contributed by atoms with Crippen LogP contribution in [0.15, 0.2) is 52.1 Å². The van der Waals surface area contributed by atoms with Crippen molar-refractivity contribution in [3.63, 3.8) is 0 Å². The van der Waals surface area contributed by atoms with Crippen LogP contribution in [0.3, 0.4) is 0 Å². The van der Waals surface area contributed by atoms with Gasteiger partial charge in [-0.15, -0.1) is 5.10 Å². The fourth-order valence-corrected chi connectivity index (χ4v) is 2.67. The van der Waals surface area contributed by atoms with E-state index in [1.807, 2.05) is 30.5 Å². The van der Waals surface area contributed by atoms with Crippen LogP contribution < -0.4 is 5.01 Å². The van der Waals surface area contributed by atoms with Crippen molar-refractivity contribution in [3.8, 4) is 0 Å². The molecule has 2 aliphatic rings. The third kappa shape index (κ3) is 2.54. The van der Waals surface area contributed by atoms with Crippen LogP contribution in [0, 0.1) is 5.92 Å². The number of nitrogens with one attached hydrogen (secondary N) is 1. The maximum Gasteiger partial charge on any atom is 0.285 e. The Kier molecular flexibility index (Phi) is 3.26. The van der Waals surface area contributed by atoms with Gasteiger partial charge in [0, 0.05) is 6.21 Å². The molecule has 0 saturated carbocycles. The Morgan fingerprint density at radius 3 is 2.91 bits per heavy atom. The number of hydrogen-bond donors (Lipinski definition) is 1. The molecule has 8 nitrogen and oxygen atoms in total. The van der Waals surface area contributed by atoms with Crippen LogP contribution in [0.2, 0.25) is 0 Å². The molecule has 0 aliphatic carbocycles. The molecule has 1 aromatic carbocycles. The quantitative estimate of drug-likeness (QED) is 0.918. The Balaban J connectivity index is 1.62. The predicted molar refractivity (Wildman–Crippen MR) is 83.9 cm³/mol. The van der Waals surface area contributed by atoms with Crippen molar-refractivity contribution in [3.05, 3.63) is 47.5 Å². The summed E-state index contributed by atoms with van der Waals surface area (Å²) in [6.45, 7) is 0. The van der Waals surface area contributed by atoms with Gasteiger partial charge in [0.15, 0.2) is 5.84 Å². The number of benzene rings is 1. The van der Waals surface area contributed by atoms with Crippen molar-refractivity contribution in [1.82, 2.24) is 20.6 Å². The molecule has 2 aliphatic heterocycles. The van der Waals surface area contributed by atoms with E-state index in [9.17, 15) is 4.79 Å². The van der Waals surface area contributed by atoms with E-state index in [4.69, 9.17) is 0 Å². The van der Waals surface area contributed by atoms with Crippen molar-refractivity contribution in [2.75, 3.05) is 5.01 Å². The minimum atomic E-state index is -0.268. The number of amidine groups is 1. The largest absolute Gasteiger partial charge is 0.285 e. The molecule has 1 atom stereocenters. The zero-order valence-corrected chi connectivity index (χ0v) is 12.1. The molecule has 2 aromatic rings. The highest BCUT2D eigenvalue weighted by Gasteiger charge is 2.34. The first kappa shape index (κ1) is 13.5. The number of fused-ring (bicyclic) bond motifs is 1. The number of aromatic nitrogens is 4. The molecule has 0 spiro atoms. The summed E-state index contributed by atoms with van der Waals surface area (Å²) in [6, 6.07) is 10.2. The van der Waals surface area contributed by atoms with Gasteiger partial charge in [-0.25, -0.2) is 10.1 Å². The lowest BCUT2D eigenvalue weighted by molar-refractivity contribution is -0.114. The molecule has 0 fully saturated rings. The number of anilines is 1. The van der Waals surface area contributed by atoms with E-state index < -0.39 is 0 Å². The molecule has 0 bridgehead atoms. The summed E-state index contributed by atoms with van der Waals surface area (Å²) in [6.07, 6.45) is 5.38. The molecule has 0 saturated heterocycles. The lowest BCUT2D eigenvalue weighted by Crippen LogP contribution is -2.23. The van der Waals surface area contributed by atoms with Gasteiger partial charge < -0.3 is 0 Å². The highest BCUT2D eigenvalue weighted by molar-refractivity contribution is 6.30. The van der Waals surface area contributed by atoms with E-state index in [2.05, 4.69) is 42.9 Å². The Hall–Kier alpha value is -3.16. The van der Waals surface area contributed by atoms with Gasteiger partial charge in [0.1, 0.15) is 0 Å². The first-order valence-electron chi connectivity index (χ1n) is 7.26. The minimum Gasteiger partial charge on any atom is -0.266 e. The SMILES string of the molecule is O=C1C2=CC(Cc3ccccc3)CC=NC2=NN1c1nnn[nH]1. The van der Waals surface area contributed by atoms with Crippen LogP contribution in [0.1, 0.15) is 12.0 Å². The molecule has 8 heteroatoms. The van der Waals surface area contributed by atoms with E-state index in [0.29, 0.717) is 11.4 Å². The number of tetrazole rings is 1. The fourth-order valence-electron chi connectivity index (χ4n) is 2.67. The summed E-state index contributed by atoms with van der Waals surface area (Å²) < 4.78 is 0. The van der Waals surface area contributed by atoms with E-state index in [-0.39, 0.29) is 17.8 Å². The molecule has 1 N–H and O–H groups in total. The Morgan fingerprint density at radius 1 is 1.26 bits per heavy atom. The average molecular weight is 307 g/mol. The number of hydrazone groups is 1. The summed E-state index contributed by atoms with van der Waals surface area (Å²) >= 11 is 0. The van der Waals surface area contributed by atoms with Gasteiger partial charge in [-0.3, -0.25) is 4.79 Å². The van der Waals surface area contributed by atoms with Gasteiger partial charge in [-0.2, -0.15) is 5.01 Å². The van der Waals surface area contributed by atoms with E-state index in [1.165, 1.54) is 5.56 Å². The summed E-state index contributed by atoms with van der Waals surface area (Å²) in [5, 5.41) is 18.5. The Bertz CT molecular complexity index is 808. The van der Waals surface area contributed by atoms with Gasteiger partial charge in [0.2, 0.25) is 0 Å². The number of H-pyrrole nitrogens is 1. The molecule has 4 rings (SSSR count). The number of allylic oxidation sites excluding steroid dienone is 1. The van der Waals surface area contributed by atoms with Gasteiger partial charge in [-0.05, 0) is 34.7 Å². The van der Waals surface area contributed by atoms with E-state index in [0.717, 1.165) is 17.9 Å². The zero-order valence-electron chi connectivity index (χ0n) is 12.1. The van der Waals surface area contributed by atoms with Crippen molar-refractivity contribution in [2.45, 2.75) is 12.8 Å². The summed E-state index contributed by atoms with van der Waals surface area (Å²) in [7, 11) is 0. The topological polar surface area (TPSA) is 99.5 Å². The molecular weight excluding hydrogens is 294 g/mol. The third-order valence-corrected chi connectivity index (χ3v) is 3.76. The number of nitrogens with zero attached hydrogens (tertiary/aromatic N) is 6. The lowest BCUT2D eigenvalue weighted by Gasteiger charge is -2.10. The van der Waals surface area contributed by atoms with Crippen molar-refractivity contribution in [2.24, 2.45) is 16.0 Å². The number of aliphatic imine (C=N–C) groups is 1. The van der Waals surface area contributed by atoms with E-state index in [1.54, 1.807) is 0 Å². The highest BCUT2D eigenvalue weighted by atomic mass is 16.2. The second kappa shape index (κ2) is 5.56. The first-order chi connectivity index (χ1) is 11.3. The van der Waals surface area contributed by atoms with Crippen LogP contribution in [0.4, 0.5) is 5.95 Å². The number of rotatable bonds is 3. The molecule has 114 valence electrons. The first-order valence-corrected chi connectivity index (χ1v) is 7.26. The highest BCUT2D eigenvalue weighted by Crippen LogP contribution is 2.25. The van der Waals surface area contributed by atoms with Crippen LogP contribution in [-0.4, -0.2) is 38.6 Å². The van der Waals surface area contributed by atoms with Gasteiger partial charge in [-0.1, -0.05) is 41.5 Å². The molecule has 23 heavy (non-hydrogen) atoms. The molecule has 1 amide bonds. The second-order valence-electron chi connectivity index (χ2n) is 5.34. The number of hydrogen-bond acceptors (Lipinski definition) is 6. The molecular formula is C15H13N7O. The number of aromatic amines is 1. The molecule has 1 unspecified atom stereocenters. The molecule has 1 aromatic heterocycles. The monoisotopic (exact) mass is 307 g/mol. The van der Waals surface area contributed by atoms with Crippen LogP contribution in [0.25, 0.3) is 0 Å². The second-order valence-corrected chi connectivity index (χ2v) is 5.34. The van der Waals surface area contributed by atoms with Crippen molar-refractivity contribution >= 4 is 23.9 Å². The number of amides is 1. The zero-order chi connectivity index (χ0) is 15.6.